The highest BCUT2D eigenvalue weighted by Crippen LogP contribution is 2.65. The lowest BCUT2D eigenvalue weighted by Gasteiger charge is -2.37. The quantitative estimate of drug-likeness (QED) is 0.672. The predicted octanol–water partition coefficient (Wildman–Crippen LogP) is 2.30. The molecule has 1 aromatic carbocycles. The molecule has 3 fully saturated rings. The van der Waals surface area contributed by atoms with Crippen molar-refractivity contribution < 1.29 is 14.4 Å². The second-order valence-electron chi connectivity index (χ2n) is 8.34. The van der Waals surface area contributed by atoms with Crippen LogP contribution in [0.5, 0.6) is 0 Å². The van der Waals surface area contributed by atoms with E-state index in [1.807, 2.05) is 32.0 Å². The molecule has 5 nitrogen and oxygen atoms in total. The fraction of sp³-hybridized carbons (Fsp3) is 0.476. The number of amides is 3. The molecule has 1 aromatic rings. The summed E-state index contributed by atoms with van der Waals surface area (Å²) >= 11 is 0. The first kappa shape index (κ1) is 15.8. The lowest BCUT2D eigenvalue weighted by Crippen LogP contribution is -2.40. The van der Waals surface area contributed by atoms with Crippen LogP contribution in [0.1, 0.15) is 17.5 Å². The van der Waals surface area contributed by atoms with Gasteiger partial charge in [0.15, 0.2) is 0 Å². The van der Waals surface area contributed by atoms with E-state index in [1.165, 1.54) is 4.90 Å². The van der Waals surface area contributed by atoms with Gasteiger partial charge < -0.3 is 5.32 Å². The first-order valence-electron chi connectivity index (χ1n) is 9.36. The van der Waals surface area contributed by atoms with Gasteiger partial charge in [-0.15, -0.1) is 0 Å². The van der Waals surface area contributed by atoms with E-state index in [0.29, 0.717) is 17.5 Å². The standard InChI is InChI=1S/C21H22N2O3/c1-10-5-11(2)7-12(6-10)22-17(24)9-23-20(25)18-13-3-4-14(16-8-15(13)16)19(18)21(23)26/h3-7,13-16,18-19H,8-9H2,1-2H3,(H,22,24)/t13-,14-,15-,16-,18+,19+/m1/s1. The lowest BCUT2D eigenvalue weighted by molar-refractivity contribution is -0.142. The molecule has 5 heteroatoms. The fourth-order valence-electron chi connectivity index (χ4n) is 5.57. The maximum atomic E-state index is 12.9. The summed E-state index contributed by atoms with van der Waals surface area (Å²) in [5.41, 5.74) is 2.81. The van der Waals surface area contributed by atoms with Crippen molar-refractivity contribution in [2.24, 2.45) is 35.5 Å². The van der Waals surface area contributed by atoms with Crippen molar-refractivity contribution in [2.75, 3.05) is 11.9 Å². The van der Waals surface area contributed by atoms with E-state index < -0.39 is 0 Å². The summed E-state index contributed by atoms with van der Waals surface area (Å²) in [6.45, 7) is 3.75. The average molecular weight is 350 g/mol. The van der Waals surface area contributed by atoms with Crippen LogP contribution in [0.3, 0.4) is 0 Å². The lowest BCUT2D eigenvalue weighted by atomic mass is 9.63. The summed E-state index contributed by atoms with van der Waals surface area (Å²) < 4.78 is 0. The molecule has 6 rings (SSSR count). The Bertz CT molecular complexity index is 818. The minimum absolute atomic E-state index is 0.153. The fourth-order valence-corrected chi connectivity index (χ4v) is 5.57. The maximum Gasteiger partial charge on any atom is 0.244 e. The number of likely N-dealkylation sites (tertiary alicyclic amines) is 1. The Morgan fingerprint density at radius 2 is 1.54 bits per heavy atom. The van der Waals surface area contributed by atoms with Gasteiger partial charge in [0, 0.05) is 5.69 Å². The molecule has 26 heavy (non-hydrogen) atoms. The average Bonchev–Trinajstić information content (AvgIpc) is 3.35. The number of carbonyl (C=O) groups excluding carboxylic acids is 3. The molecule has 3 amide bonds. The summed E-state index contributed by atoms with van der Waals surface area (Å²) in [5, 5.41) is 2.83. The van der Waals surface area contributed by atoms with Gasteiger partial charge in [-0.3, -0.25) is 19.3 Å². The molecule has 2 saturated carbocycles. The molecule has 2 bridgehead atoms. The number of aryl methyl sites for hydroxylation is 2. The van der Waals surface area contributed by atoms with Gasteiger partial charge in [-0.25, -0.2) is 0 Å². The van der Waals surface area contributed by atoms with E-state index >= 15 is 0 Å². The molecule has 1 heterocycles. The van der Waals surface area contributed by atoms with Gasteiger partial charge in [-0.2, -0.15) is 0 Å². The molecule has 5 aliphatic rings. The van der Waals surface area contributed by atoms with Crippen LogP contribution >= 0.6 is 0 Å². The number of imide groups is 1. The van der Waals surface area contributed by atoms with Gasteiger partial charge in [-0.1, -0.05) is 18.2 Å². The van der Waals surface area contributed by atoms with Crippen LogP contribution < -0.4 is 5.32 Å². The molecule has 1 aliphatic heterocycles. The summed E-state index contributed by atoms with van der Waals surface area (Å²) in [4.78, 5) is 39.4. The minimum atomic E-state index is -0.319. The van der Waals surface area contributed by atoms with Crippen molar-refractivity contribution in [3.8, 4) is 0 Å². The Kier molecular flexibility index (Phi) is 3.21. The molecule has 6 atom stereocenters. The number of hydrogen-bond acceptors (Lipinski definition) is 3. The van der Waals surface area contributed by atoms with Crippen LogP contribution in [0.25, 0.3) is 0 Å². The van der Waals surface area contributed by atoms with Crippen molar-refractivity contribution in [1.29, 1.82) is 0 Å². The SMILES string of the molecule is Cc1cc(C)cc(NC(=O)CN2C(=O)[C@H]3[C@@H]4C=C[C@H]([C@H]5C[C@H]45)[C@@H]3C2=O)c1. The monoisotopic (exact) mass is 350 g/mol. The molecule has 1 saturated heterocycles. The maximum absolute atomic E-state index is 12.9. The zero-order chi connectivity index (χ0) is 18.2. The molecular formula is C21H22N2O3. The van der Waals surface area contributed by atoms with Crippen molar-refractivity contribution >= 4 is 23.4 Å². The largest absolute Gasteiger partial charge is 0.325 e. The van der Waals surface area contributed by atoms with E-state index in [4.69, 9.17) is 0 Å². The zero-order valence-corrected chi connectivity index (χ0v) is 14.9. The number of benzene rings is 1. The summed E-state index contributed by atoms with van der Waals surface area (Å²) in [5.74, 6) is 0.434. The molecule has 0 aromatic heterocycles. The Morgan fingerprint density at radius 1 is 1.00 bits per heavy atom. The third-order valence-electron chi connectivity index (χ3n) is 6.56. The Morgan fingerprint density at radius 3 is 2.08 bits per heavy atom. The molecular weight excluding hydrogens is 328 g/mol. The van der Waals surface area contributed by atoms with E-state index in [-0.39, 0.29) is 47.9 Å². The van der Waals surface area contributed by atoms with Crippen molar-refractivity contribution in [3.63, 3.8) is 0 Å². The topological polar surface area (TPSA) is 66.5 Å². The molecule has 0 spiro atoms. The minimum Gasteiger partial charge on any atom is -0.325 e. The molecule has 1 N–H and O–H groups in total. The first-order chi connectivity index (χ1) is 12.4. The number of nitrogens with one attached hydrogen (secondary N) is 1. The number of anilines is 1. The number of nitrogens with zero attached hydrogens (tertiary/aromatic N) is 1. The van der Waals surface area contributed by atoms with Gasteiger partial charge in [0.25, 0.3) is 0 Å². The van der Waals surface area contributed by atoms with E-state index in [0.717, 1.165) is 17.5 Å². The summed E-state index contributed by atoms with van der Waals surface area (Å²) in [7, 11) is 0. The number of hydrogen-bond donors (Lipinski definition) is 1. The normalized spacial score (nSPS) is 36.2. The van der Waals surface area contributed by atoms with Crippen LogP contribution in [0.15, 0.2) is 30.4 Å². The second kappa shape index (κ2) is 5.29. The van der Waals surface area contributed by atoms with Crippen molar-refractivity contribution in [3.05, 3.63) is 41.5 Å². The highest BCUT2D eigenvalue weighted by atomic mass is 16.2. The highest BCUT2D eigenvalue weighted by Gasteiger charge is 2.67. The third kappa shape index (κ3) is 2.19. The van der Waals surface area contributed by atoms with Crippen LogP contribution in [-0.4, -0.2) is 29.2 Å². The second-order valence-corrected chi connectivity index (χ2v) is 8.34. The molecule has 134 valence electrons. The number of carbonyl (C=O) groups is 3. The molecule has 4 aliphatic carbocycles. The third-order valence-corrected chi connectivity index (χ3v) is 6.56. The van der Waals surface area contributed by atoms with Crippen LogP contribution in [0.2, 0.25) is 0 Å². The van der Waals surface area contributed by atoms with Crippen LogP contribution in [-0.2, 0) is 14.4 Å². The number of allylic oxidation sites excluding steroid dienone is 2. The van der Waals surface area contributed by atoms with Gasteiger partial charge in [0.1, 0.15) is 6.54 Å². The summed E-state index contributed by atoms with van der Waals surface area (Å²) in [6.07, 6.45) is 5.43. The molecule has 0 radical (unpaired) electrons. The van der Waals surface area contributed by atoms with Crippen molar-refractivity contribution in [1.82, 2.24) is 4.90 Å². The van der Waals surface area contributed by atoms with Crippen molar-refractivity contribution in [2.45, 2.75) is 20.3 Å². The van der Waals surface area contributed by atoms with E-state index in [1.54, 1.807) is 0 Å². The summed E-state index contributed by atoms with van der Waals surface area (Å²) in [6, 6.07) is 5.80. The first-order valence-corrected chi connectivity index (χ1v) is 9.36. The van der Waals surface area contributed by atoms with E-state index in [2.05, 4.69) is 17.5 Å². The Hall–Kier alpha value is -2.43. The Labute approximate surface area is 152 Å². The van der Waals surface area contributed by atoms with Gasteiger partial charge in [0.05, 0.1) is 11.8 Å². The molecule has 0 unspecified atom stereocenters. The van der Waals surface area contributed by atoms with Crippen LogP contribution in [0, 0.1) is 49.4 Å². The Balaban J connectivity index is 1.33. The van der Waals surface area contributed by atoms with Gasteiger partial charge in [0.2, 0.25) is 17.7 Å². The smallest absolute Gasteiger partial charge is 0.244 e. The van der Waals surface area contributed by atoms with Crippen LogP contribution in [0.4, 0.5) is 5.69 Å². The highest BCUT2D eigenvalue weighted by molar-refractivity contribution is 6.09. The van der Waals surface area contributed by atoms with Gasteiger partial charge >= 0.3 is 0 Å². The predicted molar refractivity (Wildman–Crippen MR) is 96.0 cm³/mol. The zero-order valence-electron chi connectivity index (χ0n) is 14.9. The number of rotatable bonds is 3. The van der Waals surface area contributed by atoms with E-state index in [9.17, 15) is 14.4 Å². The van der Waals surface area contributed by atoms with Gasteiger partial charge in [-0.05, 0) is 67.2 Å².